The van der Waals surface area contributed by atoms with Crippen molar-refractivity contribution in [3.05, 3.63) is 59.9 Å². The van der Waals surface area contributed by atoms with Gasteiger partial charge in [-0.15, -0.1) is 0 Å². The van der Waals surface area contributed by atoms with E-state index in [1.54, 1.807) is 18.2 Å². The first-order chi connectivity index (χ1) is 14.4. The van der Waals surface area contributed by atoms with Crippen LogP contribution < -0.4 is 9.47 Å². The number of rotatable bonds is 9. The van der Waals surface area contributed by atoms with E-state index in [0.717, 1.165) is 57.8 Å². The first-order valence-corrected chi connectivity index (χ1v) is 10.0. The van der Waals surface area contributed by atoms with Crippen molar-refractivity contribution in [1.29, 1.82) is 0 Å². The Balaban J connectivity index is 1.27. The molecule has 4 nitrogen and oxygen atoms in total. The van der Waals surface area contributed by atoms with Crippen molar-refractivity contribution in [2.75, 3.05) is 52.5 Å². The highest BCUT2D eigenvalue weighted by molar-refractivity contribution is 5.28. The van der Waals surface area contributed by atoms with Crippen LogP contribution in [-0.2, 0) is 6.18 Å². The number of ether oxygens (including phenoxy) is 2. The van der Waals surface area contributed by atoms with Crippen LogP contribution in [0.2, 0.25) is 0 Å². The molecule has 0 N–H and O–H groups in total. The molecule has 0 amide bonds. The fourth-order valence-corrected chi connectivity index (χ4v) is 3.30. The Morgan fingerprint density at radius 1 is 0.767 bits per heavy atom. The molecule has 3 rings (SSSR count). The number of halogens is 4. The third kappa shape index (κ3) is 6.88. The van der Waals surface area contributed by atoms with Crippen LogP contribution in [0.5, 0.6) is 11.5 Å². The molecule has 2 aromatic rings. The molecule has 164 valence electrons. The lowest BCUT2D eigenvalue weighted by Crippen LogP contribution is -2.47. The van der Waals surface area contributed by atoms with Gasteiger partial charge in [-0.25, -0.2) is 4.39 Å². The summed E-state index contributed by atoms with van der Waals surface area (Å²) in [4.78, 5) is 4.63. The largest absolute Gasteiger partial charge is 0.494 e. The Bertz CT molecular complexity index is 775. The highest BCUT2D eigenvalue weighted by atomic mass is 19.4. The molecule has 30 heavy (non-hydrogen) atoms. The maximum absolute atomic E-state index is 13.5. The van der Waals surface area contributed by atoms with Crippen LogP contribution in [0.4, 0.5) is 17.6 Å². The minimum atomic E-state index is -4.33. The third-order valence-electron chi connectivity index (χ3n) is 5.04. The molecule has 0 radical (unpaired) electrons. The molecule has 1 aliphatic heterocycles. The maximum Gasteiger partial charge on any atom is 0.416 e. The van der Waals surface area contributed by atoms with Gasteiger partial charge in [0.1, 0.15) is 12.4 Å². The zero-order valence-corrected chi connectivity index (χ0v) is 16.7. The summed E-state index contributed by atoms with van der Waals surface area (Å²) in [5, 5.41) is 0. The smallest absolute Gasteiger partial charge is 0.416 e. The van der Waals surface area contributed by atoms with E-state index >= 15 is 0 Å². The van der Waals surface area contributed by atoms with Gasteiger partial charge in [-0.05, 0) is 42.8 Å². The van der Waals surface area contributed by atoms with Gasteiger partial charge in [-0.2, -0.15) is 13.2 Å². The van der Waals surface area contributed by atoms with E-state index in [0.29, 0.717) is 19.0 Å². The zero-order chi connectivity index (χ0) is 21.4. The molecule has 8 heteroatoms. The van der Waals surface area contributed by atoms with Crippen molar-refractivity contribution in [1.82, 2.24) is 9.80 Å². The van der Waals surface area contributed by atoms with Crippen LogP contribution in [0, 0.1) is 5.82 Å². The first kappa shape index (κ1) is 22.4. The van der Waals surface area contributed by atoms with Crippen molar-refractivity contribution in [3.63, 3.8) is 0 Å². The van der Waals surface area contributed by atoms with Gasteiger partial charge < -0.3 is 14.4 Å². The van der Waals surface area contributed by atoms with Crippen LogP contribution in [0.1, 0.15) is 12.0 Å². The Labute approximate surface area is 174 Å². The lowest BCUT2D eigenvalue weighted by atomic mass is 10.2. The summed E-state index contributed by atoms with van der Waals surface area (Å²) in [6.07, 6.45) is -3.53. The summed E-state index contributed by atoms with van der Waals surface area (Å²) >= 11 is 0. The molecule has 2 aromatic carbocycles. The number of benzene rings is 2. The number of alkyl halides is 3. The van der Waals surface area contributed by atoms with Gasteiger partial charge in [0.2, 0.25) is 0 Å². The van der Waals surface area contributed by atoms with Gasteiger partial charge in [0, 0.05) is 39.3 Å². The summed E-state index contributed by atoms with van der Waals surface area (Å²) in [7, 11) is 0. The van der Waals surface area contributed by atoms with Gasteiger partial charge in [0.25, 0.3) is 0 Å². The van der Waals surface area contributed by atoms with Crippen LogP contribution in [0.25, 0.3) is 0 Å². The van der Waals surface area contributed by atoms with Crippen molar-refractivity contribution >= 4 is 0 Å². The molecule has 0 aliphatic carbocycles. The fraction of sp³-hybridized carbons (Fsp3) is 0.455. The molecular formula is C22H26F4N2O2. The SMILES string of the molecule is Fc1ccccc1OCCN1CCN(CCCOc2ccc(C(F)(F)F)cc2)CC1. The molecule has 0 unspecified atom stereocenters. The summed E-state index contributed by atoms with van der Waals surface area (Å²) in [6, 6.07) is 11.2. The quantitative estimate of drug-likeness (QED) is 0.441. The van der Waals surface area contributed by atoms with Crippen molar-refractivity contribution in [3.8, 4) is 11.5 Å². The summed E-state index contributed by atoms with van der Waals surface area (Å²) in [6.45, 7) is 6.23. The van der Waals surface area contributed by atoms with Crippen LogP contribution in [0.3, 0.4) is 0 Å². The van der Waals surface area contributed by atoms with Crippen molar-refractivity contribution < 1.29 is 27.0 Å². The summed E-state index contributed by atoms with van der Waals surface area (Å²) < 4.78 is 62.2. The molecule has 1 heterocycles. The van der Waals surface area contributed by atoms with E-state index in [1.165, 1.54) is 18.2 Å². The second-order valence-corrected chi connectivity index (χ2v) is 7.19. The highest BCUT2D eigenvalue weighted by Gasteiger charge is 2.30. The first-order valence-electron chi connectivity index (χ1n) is 10.0. The Kier molecular flexibility index (Phi) is 7.93. The van der Waals surface area contributed by atoms with E-state index in [9.17, 15) is 17.6 Å². The Morgan fingerprint density at radius 3 is 2.03 bits per heavy atom. The van der Waals surface area contributed by atoms with Gasteiger partial charge in [-0.1, -0.05) is 12.1 Å². The lowest BCUT2D eigenvalue weighted by Gasteiger charge is -2.34. The fourth-order valence-electron chi connectivity index (χ4n) is 3.30. The predicted molar refractivity (Wildman–Crippen MR) is 106 cm³/mol. The average Bonchev–Trinajstić information content (AvgIpc) is 2.73. The molecule has 1 aliphatic rings. The monoisotopic (exact) mass is 426 g/mol. The lowest BCUT2D eigenvalue weighted by molar-refractivity contribution is -0.137. The van der Waals surface area contributed by atoms with Gasteiger partial charge >= 0.3 is 6.18 Å². The molecule has 0 aromatic heterocycles. The van der Waals surface area contributed by atoms with Crippen LogP contribution >= 0.6 is 0 Å². The zero-order valence-electron chi connectivity index (χ0n) is 16.7. The molecule has 0 atom stereocenters. The van der Waals surface area contributed by atoms with E-state index < -0.39 is 11.7 Å². The second kappa shape index (κ2) is 10.6. The van der Waals surface area contributed by atoms with E-state index in [4.69, 9.17) is 9.47 Å². The number of piperazine rings is 1. The summed E-state index contributed by atoms with van der Waals surface area (Å²) in [5.41, 5.74) is -0.674. The van der Waals surface area contributed by atoms with E-state index in [-0.39, 0.29) is 11.6 Å². The number of hydrogen-bond donors (Lipinski definition) is 0. The minimum absolute atomic E-state index is 0.282. The topological polar surface area (TPSA) is 24.9 Å². The predicted octanol–water partition coefficient (Wildman–Crippen LogP) is 4.31. The second-order valence-electron chi connectivity index (χ2n) is 7.19. The van der Waals surface area contributed by atoms with E-state index in [2.05, 4.69) is 9.80 Å². The van der Waals surface area contributed by atoms with Crippen molar-refractivity contribution in [2.24, 2.45) is 0 Å². The molecule has 0 saturated carbocycles. The third-order valence-corrected chi connectivity index (χ3v) is 5.04. The normalized spacial score (nSPS) is 15.9. The van der Waals surface area contributed by atoms with Crippen LogP contribution in [0.15, 0.2) is 48.5 Å². The Hall–Kier alpha value is -2.32. The molecule has 0 bridgehead atoms. The maximum atomic E-state index is 13.5. The number of nitrogens with zero attached hydrogens (tertiary/aromatic N) is 2. The van der Waals surface area contributed by atoms with Gasteiger partial charge in [0.05, 0.1) is 12.2 Å². The molecule has 0 spiro atoms. The number of hydrogen-bond acceptors (Lipinski definition) is 4. The average molecular weight is 426 g/mol. The van der Waals surface area contributed by atoms with E-state index in [1.807, 2.05) is 0 Å². The molecule has 1 fully saturated rings. The minimum Gasteiger partial charge on any atom is -0.494 e. The van der Waals surface area contributed by atoms with Crippen molar-refractivity contribution in [2.45, 2.75) is 12.6 Å². The standard InChI is InChI=1S/C22H26F4N2O2/c23-20-4-1-2-5-21(20)30-17-15-28-13-11-27(12-14-28)10-3-16-29-19-8-6-18(7-9-19)22(24,25)26/h1-2,4-9H,3,10-17H2. The highest BCUT2D eigenvalue weighted by Crippen LogP contribution is 2.30. The Morgan fingerprint density at radius 2 is 1.40 bits per heavy atom. The van der Waals surface area contributed by atoms with Gasteiger partial charge in [0.15, 0.2) is 11.6 Å². The summed E-state index contributed by atoms with van der Waals surface area (Å²) in [5.74, 6) is 0.382. The number of para-hydroxylation sites is 1. The molecular weight excluding hydrogens is 400 g/mol. The van der Waals surface area contributed by atoms with Gasteiger partial charge in [-0.3, -0.25) is 4.90 Å². The molecule has 1 saturated heterocycles. The van der Waals surface area contributed by atoms with Crippen LogP contribution in [-0.4, -0.2) is 62.3 Å².